The fourth-order valence-electron chi connectivity index (χ4n) is 3.16. The van der Waals surface area contributed by atoms with Crippen molar-refractivity contribution >= 4 is 23.2 Å². The lowest BCUT2D eigenvalue weighted by molar-refractivity contribution is -0.126. The topological polar surface area (TPSA) is 52.7 Å². The van der Waals surface area contributed by atoms with Crippen LogP contribution in [0.3, 0.4) is 0 Å². The zero-order chi connectivity index (χ0) is 19.2. The van der Waals surface area contributed by atoms with Crippen LogP contribution in [-0.2, 0) is 11.2 Å². The van der Waals surface area contributed by atoms with Gasteiger partial charge in [0.25, 0.3) is 5.91 Å². The first kappa shape index (κ1) is 19.5. The summed E-state index contributed by atoms with van der Waals surface area (Å²) < 4.78 is 12.9. The van der Waals surface area contributed by atoms with Crippen LogP contribution in [0.1, 0.15) is 22.2 Å². The molecule has 1 aromatic heterocycles. The summed E-state index contributed by atoms with van der Waals surface area (Å²) >= 11 is 1.45. The van der Waals surface area contributed by atoms with Gasteiger partial charge in [-0.15, -0.1) is 11.3 Å². The standard InChI is InChI=1S/C20H24FN3O2S/c1-15(19(25)22-9-8-16-4-6-17(21)7-5-16)23-10-12-24(13-11-23)20(26)18-3-2-14-27-18/h2-7,14-15H,8-13H2,1H3,(H,22,25). The van der Waals surface area contributed by atoms with Crippen LogP contribution < -0.4 is 5.32 Å². The summed E-state index contributed by atoms with van der Waals surface area (Å²) in [4.78, 5) is 29.5. The maximum atomic E-state index is 12.9. The van der Waals surface area contributed by atoms with Crippen molar-refractivity contribution in [1.82, 2.24) is 15.1 Å². The maximum Gasteiger partial charge on any atom is 0.264 e. The van der Waals surface area contributed by atoms with Crippen LogP contribution >= 0.6 is 11.3 Å². The van der Waals surface area contributed by atoms with Gasteiger partial charge in [0.1, 0.15) is 5.82 Å². The average molecular weight is 389 g/mol. The fourth-order valence-corrected chi connectivity index (χ4v) is 3.85. The number of benzene rings is 1. The summed E-state index contributed by atoms with van der Waals surface area (Å²) in [5.41, 5.74) is 0.991. The minimum absolute atomic E-state index is 0.0184. The second kappa shape index (κ2) is 9.10. The number of hydrogen-bond donors (Lipinski definition) is 1. The third-order valence-corrected chi connectivity index (χ3v) is 5.74. The molecule has 0 radical (unpaired) electrons. The molecule has 0 bridgehead atoms. The minimum atomic E-state index is -0.256. The number of rotatable bonds is 6. The van der Waals surface area contributed by atoms with E-state index in [1.54, 1.807) is 12.1 Å². The molecule has 1 saturated heterocycles. The molecule has 7 heteroatoms. The highest BCUT2D eigenvalue weighted by atomic mass is 32.1. The normalized spacial score (nSPS) is 16.1. The minimum Gasteiger partial charge on any atom is -0.354 e. The van der Waals surface area contributed by atoms with E-state index in [1.807, 2.05) is 29.3 Å². The van der Waals surface area contributed by atoms with Gasteiger partial charge in [0.2, 0.25) is 5.91 Å². The van der Waals surface area contributed by atoms with Gasteiger partial charge < -0.3 is 10.2 Å². The van der Waals surface area contributed by atoms with Crippen molar-refractivity contribution in [3.8, 4) is 0 Å². The van der Waals surface area contributed by atoms with Crippen LogP contribution in [0, 0.1) is 5.82 Å². The van der Waals surface area contributed by atoms with Crippen LogP contribution in [-0.4, -0.2) is 60.4 Å². The van der Waals surface area contributed by atoms with Crippen LogP contribution in [0.25, 0.3) is 0 Å². The molecule has 1 fully saturated rings. The van der Waals surface area contributed by atoms with E-state index in [0.29, 0.717) is 39.1 Å². The lowest BCUT2D eigenvalue weighted by Gasteiger charge is -2.37. The number of piperazine rings is 1. The van der Waals surface area contributed by atoms with Crippen molar-refractivity contribution in [3.63, 3.8) is 0 Å². The molecule has 1 unspecified atom stereocenters. The molecular formula is C20H24FN3O2S. The summed E-state index contributed by atoms with van der Waals surface area (Å²) in [6.07, 6.45) is 0.668. The van der Waals surface area contributed by atoms with Crippen LogP contribution in [0.15, 0.2) is 41.8 Å². The van der Waals surface area contributed by atoms with E-state index in [1.165, 1.54) is 23.5 Å². The highest BCUT2D eigenvalue weighted by Crippen LogP contribution is 2.15. The Balaban J connectivity index is 1.41. The molecule has 2 amide bonds. The van der Waals surface area contributed by atoms with Gasteiger partial charge in [-0.25, -0.2) is 4.39 Å². The van der Waals surface area contributed by atoms with E-state index < -0.39 is 0 Å². The number of carbonyl (C=O) groups excluding carboxylic acids is 2. The average Bonchev–Trinajstić information content (AvgIpc) is 3.23. The molecule has 1 aliphatic rings. The largest absolute Gasteiger partial charge is 0.354 e. The summed E-state index contributed by atoms with van der Waals surface area (Å²) in [6.45, 7) is 5.04. The SMILES string of the molecule is CC(C(=O)NCCc1ccc(F)cc1)N1CCN(C(=O)c2cccs2)CC1. The maximum absolute atomic E-state index is 12.9. The van der Waals surface area contributed by atoms with Crippen molar-refractivity contribution in [2.75, 3.05) is 32.7 Å². The van der Waals surface area contributed by atoms with E-state index in [0.717, 1.165) is 10.4 Å². The number of nitrogens with one attached hydrogen (secondary N) is 1. The number of hydrogen-bond acceptors (Lipinski definition) is 4. The molecule has 0 spiro atoms. The number of thiophene rings is 1. The predicted octanol–water partition coefficient (Wildman–Crippen LogP) is 2.39. The Morgan fingerprint density at radius 2 is 1.85 bits per heavy atom. The van der Waals surface area contributed by atoms with Gasteiger partial charge in [0.05, 0.1) is 10.9 Å². The van der Waals surface area contributed by atoms with E-state index in [9.17, 15) is 14.0 Å². The van der Waals surface area contributed by atoms with Gasteiger partial charge in [0.15, 0.2) is 0 Å². The Labute approximate surface area is 162 Å². The van der Waals surface area contributed by atoms with Crippen molar-refractivity contribution < 1.29 is 14.0 Å². The van der Waals surface area contributed by atoms with Gasteiger partial charge in [-0.2, -0.15) is 0 Å². The molecular weight excluding hydrogens is 365 g/mol. The van der Waals surface area contributed by atoms with E-state index >= 15 is 0 Å². The first-order valence-corrected chi connectivity index (χ1v) is 10.0. The lowest BCUT2D eigenvalue weighted by Crippen LogP contribution is -2.55. The van der Waals surface area contributed by atoms with Crippen molar-refractivity contribution in [1.29, 1.82) is 0 Å². The van der Waals surface area contributed by atoms with Crippen molar-refractivity contribution in [3.05, 3.63) is 58.0 Å². The number of nitrogens with zero attached hydrogens (tertiary/aromatic N) is 2. The second-order valence-electron chi connectivity index (χ2n) is 6.65. The number of halogens is 1. The molecule has 2 heterocycles. The van der Waals surface area contributed by atoms with E-state index in [4.69, 9.17) is 0 Å². The van der Waals surface area contributed by atoms with E-state index in [-0.39, 0.29) is 23.7 Å². The number of carbonyl (C=O) groups is 2. The van der Waals surface area contributed by atoms with Crippen molar-refractivity contribution in [2.45, 2.75) is 19.4 Å². The summed E-state index contributed by atoms with van der Waals surface area (Å²) in [6, 6.07) is 9.80. The third-order valence-electron chi connectivity index (χ3n) is 4.89. The van der Waals surface area contributed by atoms with Gasteiger partial charge >= 0.3 is 0 Å². The van der Waals surface area contributed by atoms with Crippen LogP contribution in [0.5, 0.6) is 0 Å². The summed E-state index contributed by atoms with van der Waals surface area (Å²) in [5.74, 6) is -0.204. The highest BCUT2D eigenvalue weighted by molar-refractivity contribution is 7.12. The van der Waals surface area contributed by atoms with Crippen LogP contribution in [0.2, 0.25) is 0 Å². The molecule has 0 saturated carbocycles. The highest BCUT2D eigenvalue weighted by Gasteiger charge is 2.27. The van der Waals surface area contributed by atoms with E-state index in [2.05, 4.69) is 10.2 Å². The second-order valence-corrected chi connectivity index (χ2v) is 7.60. The molecule has 1 N–H and O–H groups in total. The monoisotopic (exact) mass is 389 g/mol. The molecule has 2 aromatic rings. The van der Waals surface area contributed by atoms with Gasteiger partial charge in [-0.3, -0.25) is 14.5 Å². The molecule has 3 rings (SSSR count). The molecule has 27 heavy (non-hydrogen) atoms. The Morgan fingerprint density at radius 1 is 1.15 bits per heavy atom. The molecule has 0 aliphatic carbocycles. The smallest absolute Gasteiger partial charge is 0.264 e. The first-order chi connectivity index (χ1) is 13.0. The van der Waals surface area contributed by atoms with Gasteiger partial charge in [0, 0.05) is 32.7 Å². The summed E-state index contributed by atoms with van der Waals surface area (Å²) in [7, 11) is 0. The molecule has 144 valence electrons. The third kappa shape index (κ3) is 5.14. The molecule has 5 nitrogen and oxygen atoms in total. The van der Waals surface area contributed by atoms with Crippen LogP contribution in [0.4, 0.5) is 4.39 Å². The fraction of sp³-hybridized carbons (Fsp3) is 0.400. The van der Waals surface area contributed by atoms with Gasteiger partial charge in [-0.1, -0.05) is 18.2 Å². The zero-order valence-corrected chi connectivity index (χ0v) is 16.2. The first-order valence-electron chi connectivity index (χ1n) is 9.13. The van der Waals surface area contributed by atoms with Gasteiger partial charge in [-0.05, 0) is 42.5 Å². The number of amides is 2. The Hall–Kier alpha value is -2.25. The molecule has 1 atom stereocenters. The Bertz CT molecular complexity index is 756. The lowest BCUT2D eigenvalue weighted by atomic mass is 10.1. The molecule has 1 aromatic carbocycles. The zero-order valence-electron chi connectivity index (χ0n) is 15.4. The Kier molecular flexibility index (Phi) is 6.58. The molecule has 1 aliphatic heterocycles. The van der Waals surface area contributed by atoms with Crippen molar-refractivity contribution in [2.24, 2.45) is 0 Å². The Morgan fingerprint density at radius 3 is 2.48 bits per heavy atom. The summed E-state index contributed by atoms with van der Waals surface area (Å²) in [5, 5.41) is 4.85. The quantitative estimate of drug-likeness (QED) is 0.825. The predicted molar refractivity (Wildman–Crippen MR) is 104 cm³/mol.